The molecule has 8 heterocycles. The summed E-state index contributed by atoms with van der Waals surface area (Å²) in [5, 5.41) is 30.5. The minimum Gasteiger partial charge on any atom is -0.455 e. The zero-order chi connectivity index (χ0) is 57.7. The van der Waals surface area contributed by atoms with Gasteiger partial charge in [0.1, 0.15) is 49.2 Å². The molecule has 2 unspecified atom stereocenters. The summed E-state index contributed by atoms with van der Waals surface area (Å²) < 4.78 is 64.1. The van der Waals surface area contributed by atoms with E-state index in [1.807, 2.05) is 18.2 Å². The van der Waals surface area contributed by atoms with Gasteiger partial charge >= 0.3 is 23.5 Å². The maximum atomic E-state index is 14.7. The Morgan fingerprint density at radius 1 is 0.841 bits per heavy atom. The van der Waals surface area contributed by atoms with Crippen LogP contribution in [-0.2, 0) is 62.1 Å². The zero-order valence-electron chi connectivity index (χ0n) is 45.2. The third-order valence-electron chi connectivity index (χ3n) is 16.0. The third kappa shape index (κ3) is 12.0. The van der Waals surface area contributed by atoms with E-state index in [1.54, 1.807) is 11.9 Å². The summed E-state index contributed by atoms with van der Waals surface area (Å²) in [6.07, 6.45) is 6.48. The Morgan fingerprint density at radius 2 is 1.57 bits per heavy atom. The van der Waals surface area contributed by atoms with E-state index in [-0.39, 0.29) is 41.2 Å². The largest absolute Gasteiger partial charge is 0.490 e. The molecule has 82 heavy (non-hydrogen) atoms. The van der Waals surface area contributed by atoms with Crippen LogP contribution in [0.2, 0.25) is 0 Å². The number of hydrogen-bond donors (Lipinski definition) is 9. The summed E-state index contributed by atoms with van der Waals surface area (Å²) in [5.41, 5.74) is 16.6. The Labute approximate surface area is 471 Å². The molecule has 2 amide bonds. The van der Waals surface area contributed by atoms with Crippen molar-refractivity contribution in [2.45, 2.75) is 114 Å². The molecule has 11 rings (SSSR count). The lowest BCUT2D eigenvalue weighted by Crippen LogP contribution is -2.45. The predicted octanol–water partition coefficient (Wildman–Crippen LogP) is 3.45. The van der Waals surface area contributed by atoms with Gasteiger partial charge in [0.05, 0.1) is 12.2 Å². The van der Waals surface area contributed by atoms with Gasteiger partial charge in [0, 0.05) is 97.8 Å². The number of fused-ring (bicyclic) bond motifs is 5. The molecule has 1 saturated heterocycles. The number of phosphoric acid groups is 3. The van der Waals surface area contributed by atoms with Gasteiger partial charge in [0.2, 0.25) is 17.2 Å². The number of nitrogens with one attached hydrogen (secondary N) is 2. The average Bonchev–Trinajstić information content (AvgIpc) is 1.29. The van der Waals surface area contributed by atoms with Crippen molar-refractivity contribution < 1.29 is 75.7 Å². The first kappa shape index (κ1) is 58.1. The number of aliphatic hydroxyl groups excluding tert-OH is 2. The minimum atomic E-state index is -5.81. The zero-order valence-corrected chi connectivity index (χ0v) is 47.9. The van der Waals surface area contributed by atoms with E-state index in [9.17, 15) is 43.3 Å². The van der Waals surface area contributed by atoms with Gasteiger partial charge in [-0.3, -0.25) is 18.7 Å². The van der Waals surface area contributed by atoms with E-state index in [2.05, 4.69) is 66.4 Å². The number of benzene rings is 3. The SMILES string of the molecule is CN(CCCC(=O)NCCCCCCNc1nc2c(N)ncnc2n1[C@@H]1O[C@H](COP(=O)(O)OP(=O)(O)OP(=O)(O)O)[C@@H](O)[C@H]1O)C(=O)c1ccccc1C1=c2cc3c4c(c2Oc2c1cc1c5c2CCCN5CCC1)CCC[N+]=4CCC3. The molecular formula is C53H68N10O16P3+. The summed E-state index contributed by atoms with van der Waals surface area (Å²) in [4.78, 5) is 81.7. The molecule has 0 bridgehead atoms. The van der Waals surface area contributed by atoms with Crippen molar-refractivity contribution in [2.75, 3.05) is 75.4 Å². The van der Waals surface area contributed by atoms with Crippen molar-refractivity contribution in [1.29, 1.82) is 0 Å². The van der Waals surface area contributed by atoms with Gasteiger partial charge in [0.15, 0.2) is 23.2 Å². The number of rotatable bonds is 22. The van der Waals surface area contributed by atoms with Gasteiger partial charge < -0.3 is 65.4 Å². The summed E-state index contributed by atoms with van der Waals surface area (Å²) in [7, 11) is -15.2. The summed E-state index contributed by atoms with van der Waals surface area (Å²) in [6.45, 7) is 4.40. The number of unbranched alkanes of at least 4 members (excludes halogenated alkanes) is 3. The molecule has 2 aromatic heterocycles. The van der Waals surface area contributed by atoms with Gasteiger partial charge in [0.25, 0.3) is 5.91 Å². The highest BCUT2D eigenvalue weighted by Gasteiger charge is 2.48. The van der Waals surface area contributed by atoms with Crippen molar-refractivity contribution >= 4 is 69.5 Å². The Balaban J connectivity index is 0.680. The van der Waals surface area contributed by atoms with Crippen LogP contribution < -0.4 is 41.2 Å². The highest BCUT2D eigenvalue weighted by molar-refractivity contribution is 7.66. The Bertz CT molecular complexity index is 3610. The number of imidazole rings is 1. The van der Waals surface area contributed by atoms with E-state index in [4.69, 9.17) is 25.0 Å². The van der Waals surface area contributed by atoms with Crippen LogP contribution in [0.3, 0.4) is 0 Å². The van der Waals surface area contributed by atoms with Crippen LogP contribution in [0.4, 0.5) is 17.5 Å². The lowest BCUT2D eigenvalue weighted by Gasteiger charge is -2.39. The molecule has 6 aliphatic rings. The molecule has 3 aromatic carbocycles. The number of nitrogens with two attached hydrogens (primary N) is 1. The van der Waals surface area contributed by atoms with E-state index < -0.39 is 54.6 Å². The molecule has 26 nitrogen and oxygen atoms in total. The van der Waals surface area contributed by atoms with Crippen LogP contribution in [0.1, 0.15) is 114 Å². The Hall–Kier alpha value is -5.69. The molecule has 5 aromatic rings. The molecule has 0 saturated carbocycles. The second-order valence-electron chi connectivity index (χ2n) is 21.6. The fourth-order valence-corrected chi connectivity index (χ4v) is 15.5. The number of aromatic nitrogens is 4. The lowest BCUT2D eigenvalue weighted by atomic mass is 9.81. The van der Waals surface area contributed by atoms with Gasteiger partial charge in [-0.05, 0) is 87.1 Å². The molecule has 1 fully saturated rings. The van der Waals surface area contributed by atoms with Crippen LogP contribution in [0.25, 0.3) is 16.7 Å². The number of hydrogen-bond acceptors (Lipinski definition) is 18. The Morgan fingerprint density at radius 3 is 2.37 bits per heavy atom. The smallest absolute Gasteiger partial charge is 0.455 e. The van der Waals surface area contributed by atoms with Crippen molar-refractivity contribution in [3.05, 3.63) is 92.2 Å². The fourth-order valence-electron chi connectivity index (χ4n) is 12.4. The first-order valence-corrected chi connectivity index (χ1v) is 32.3. The van der Waals surface area contributed by atoms with Crippen LogP contribution in [-0.4, -0.2) is 144 Å². The predicted molar refractivity (Wildman–Crippen MR) is 298 cm³/mol. The fraction of sp³-hybridized carbons (Fsp3) is 0.509. The van der Waals surface area contributed by atoms with E-state index in [0.29, 0.717) is 44.5 Å². The number of carbonyl (C=O) groups is 2. The number of nitrogens with zero attached hydrogens (tertiary/aromatic N) is 7. The van der Waals surface area contributed by atoms with Gasteiger partial charge in [-0.2, -0.15) is 8.62 Å². The van der Waals surface area contributed by atoms with E-state index in [1.165, 1.54) is 37.9 Å². The quantitative estimate of drug-likeness (QED) is 0.0267. The van der Waals surface area contributed by atoms with Gasteiger partial charge in [-0.1, -0.05) is 31.0 Å². The highest BCUT2D eigenvalue weighted by Crippen LogP contribution is 2.66. The highest BCUT2D eigenvalue weighted by atomic mass is 31.3. The standard InChI is InChI=1S/C53H67N10O16P3/c1-60(51(67)34-16-5-4-15-33(34)41-37-27-31-13-8-23-61-25-10-17-35(43(31)61)47(37)77-48-36-18-11-26-62-24-9-14-32(44(36)62)28-38(41)48)22-12-19-40(64)55-20-6-2-3-7-21-56-53-59-42-49(54)57-30-58-50(42)63(53)52-46(66)45(65)39(76-52)29-75-81(71,72)79-82(73,74)78-80(68,69)70/h4-5,15-16,27-28,30,39,45-46,52,54,65-66H,2-3,6-14,17-26,29H2,1H3,(H6,55,64,67,68,69,70,71,72,73,74)/p+1/t39-,45-,46-,52-/m1/s1. The van der Waals surface area contributed by atoms with Crippen LogP contribution >= 0.6 is 23.5 Å². The summed E-state index contributed by atoms with van der Waals surface area (Å²) in [5.74, 6) is 1.78. The first-order chi connectivity index (χ1) is 39.3. The van der Waals surface area contributed by atoms with Crippen LogP contribution in [0.15, 0.2) is 42.7 Å². The molecule has 440 valence electrons. The number of carbonyl (C=O) groups excluding carboxylic acids is 2. The van der Waals surface area contributed by atoms with Crippen molar-refractivity contribution in [1.82, 2.24) is 34.3 Å². The molecule has 6 atom stereocenters. The number of ether oxygens (including phenoxy) is 2. The maximum absolute atomic E-state index is 14.7. The number of aliphatic hydroxyl groups is 2. The minimum absolute atomic E-state index is 0.00738. The number of phosphoric ester groups is 1. The molecule has 0 radical (unpaired) electrons. The van der Waals surface area contributed by atoms with Crippen LogP contribution in [0, 0.1) is 0 Å². The molecule has 6 aliphatic heterocycles. The van der Waals surface area contributed by atoms with Gasteiger partial charge in [-0.25, -0.2) is 33.2 Å². The third-order valence-corrected chi connectivity index (χ3v) is 19.8. The molecular weight excluding hydrogens is 1130 g/mol. The summed E-state index contributed by atoms with van der Waals surface area (Å²) >= 11 is 0. The normalized spacial score (nSPS) is 21.4. The second kappa shape index (κ2) is 23.8. The molecule has 0 aliphatic carbocycles. The van der Waals surface area contributed by atoms with E-state index >= 15 is 0 Å². The second-order valence-corrected chi connectivity index (χ2v) is 26.0. The van der Waals surface area contributed by atoms with Crippen LogP contribution in [0.5, 0.6) is 11.5 Å². The van der Waals surface area contributed by atoms with Crippen molar-refractivity contribution in [3.8, 4) is 11.5 Å². The van der Waals surface area contributed by atoms with E-state index in [0.717, 1.165) is 130 Å². The van der Waals surface area contributed by atoms with Crippen molar-refractivity contribution in [2.24, 2.45) is 0 Å². The average molecular weight is 1190 g/mol. The molecule has 0 spiro atoms. The van der Waals surface area contributed by atoms with Gasteiger partial charge in [-0.15, -0.1) is 0 Å². The number of nitrogen functional groups attached to an aromatic ring is 1. The Kier molecular flexibility index (Phi) is 16.8. The maximum Gasteiger partial charge on any atom is 0.490 e. The number of aryl methyl sites for hydroxylation is 2. The topological polar surface area (TPSA) is 356 Å². The van der Waals surface area contributed by atoms with Crippen molar-refractivity contribution in [3.63, 3.8) is 0 Å². The molecule has 29 heteroatoms. The number of anilines is 3. The lowest BCUT2D eigenvalue weighted by molar-refractivity contribution is -0.121. The monoisotopic (exact) mass is 1190 g/mol. The molecule has 10 N–H and O–H groups in total. The summed E-state index contributed by atoms with van der Waals surface area (Å²) in [6, 6.07) is 12.7. The number of amides is 2. The first-order valence-electron chi connectivity index (χ1n) is 27.8.